The molecule has 18 heavy (non-hydrogen) atoms. The number of rotatable bonds is 3. The van der Waals surface area contributed by atoms with Crippen molar-refractivity contribution in [2.75, 3.05) is 26.8 Å². The van der Waals surface area contributed by atoms with Crippen LogP contribution in [0.25, 0.3) is 11.1 Å². The molecule has 2 heterocycles. The Balaban J connectivity index is 1.79. The van der Waals surface area contributed by atoms with E-state index in [9.17, 15) is 0 Å². The Bertz CT molecular complexity index is 532. The minimum atomic E-state index is 0.147. The van der Waals surface area contributed by atoms with Crippen molar-refractivity contribution >= 4 is 11.1 Å². The van der Waals surface area contributed by atoms with Crippen molar-refractivity contribution in [3.63, 3.8) is 0 Å². The second-order valence-corrected chi connectivity index (χ2v) is 4.34. The zero-order valence-corrected chi connectivity index (χ0v) is 10.3. The average molecular weight is 248 g/mol. The van der Waals surface area contributed by atoms with Crippen LogP contribution in [-0.2, 0) is 11.2 Å². The second kappa shape index (κ2) is 4.96. The molecule has 1 aromatic heterocycles. The summed E-state index contributed by atoms with van der Waals surface area (Å²) in [6.07, 6.45) is 0.845. The summed E-state index contributed by atoms with van der Waals surface area (Å²) in [5.41, 5.74) is 1.61. The van der Waals surface area contributed by atoms with Crippen LogP contribution in [0.4, 0.5) is 0 Å². The summed E-state index contributed by atoms with van der Waals surface area (Å²) < 4.78 is 16.5. The van der Waals surface area contributed by atoms with Crippen LogP contribution in [0.5, 0.6) is 5.75 Å². The topological polar surface area (TPSA) is 56.5 Å². The predicted molar refractivity (Wildman–Crippen MR) is 66.9 cm³/mol. The predicted octanol–water partition coefficient (Wildman–Crippen LogP) is 1.37. The Kier molecular flexibility index (Phi) is 3.17. The number of oxazole rings is 1. The molecule has 1 N–H and O–H groups in total. The summed E-state index contributed by atoms with van der Waals surface area (Å²) in [7, 11) is 1.64. The molecule has 1 aliphatic rings. The van der Waals surface area contributed by atoms with Crippen LogP contribution in [0.3, 0.4) is 0 Å². The molecule has 0 spiro atoms. The molecule has 1 unspecified atom stereocenters. The van der Waals surface area contributed by atoms with Crippen LogP contribution in [-0.4, -0.2) is 37.9 Å². The molecule has 96 valence electrons. The van der Waals surface area contributed by atoms with Gasteiger partial charge in [0.05, 0.1) is 26.2 Å². The molecule has 0 radical (unpaired) electrons. The number of ether oxygens (including phenoxy) is 2. The molecular weight excluding hydrogens is 232 g/mol. The summed E-state index contributed by atoms with van der Waals surface area (Å²) in [4.78, 5) is 4.45. The van der Waals surface area contributed by atoms with Crippen molar-refractivity contribution in [3.05, 3.63) is 24.1 Å². The third-order valence-electron chi connectivity index (χ3n) is 3.05. The third kappa shape index (κ3) is 2.32. The Morgan fingerprint density at radius 3 is 3.22 bits per heavy atom. The molecule has 0 bridgehead atoms. The SMILES string of the molecule is COc1ccc2nc(CC3CNCCO3)oc2c1. The fraction of sp³-hybridized carbons (Fsp3) is 0.462. The molecule has 1 atom stereocenters. The molecule has 5 heteroatoms. The van der Waals surface area contributed by atoms with E-state index in [0.29, 0.717) is 12.3 Å². The summed E-state index contributed by atoms with van der Waals surface area (Å²) in [5.74, 6) is 1.49. The van der Waals surface area contributed by atoms with E-state index in [1.165, 1.54) is 0 Å². The highest BCUT2D eigenvalue weighted by molar-refractivity contribution is 5.74. The quantitative estimate of drug-likeness (QED) is 0.889. The molecule has 0 aliphatic carbocycles. The van der Waals surface area contributed by atoms with Crippen LogP contribution in [0, 0.1) is 0 Å². The molecule has 1 aliphatic heterocycles. The van der Waals surface area contributed by atoms with E-state index < -0.39 is 0 Å². The van der Waals surface area contributed by atoms with E-state index in [-0.39, 0.29) is 6.10 Å². The maximum atomic E-state index is 5.71. The van der Waals surface area contributed by atoms with Gasteiger partial charge in [0.2, 0.25) is 0 Å². The lowest BCUT2D eigenvalue weighted by atomic mass is 10.2. The Morgan fingerprint density at radius 1 is 1.50 bits per heavy atom. The van der Waals surface area contributed by atoms with Gasteiger partial charge in [-0.2, -0.15) is 0 Å². The normalized spacial score (nSPS) is 20.2. The van der Waals surface area contributed by atoms with Crippen molar-refractivity contribution in [1.29, 1.82) is 0 Å². The van der Waals surface area contributed by atoms with Gasteiger partial charge in [-0.1, -0.05) is 0 Å². The van der Waals surface area contributed by atoms with Gasteiger partial charge in [-0.25, -0.2) is 4.98 Å². The lowest BCUT2D eigenvalue weighted by molar-refractivity contribution is 0.0257. The largest absolute Gasteiger partial charge is 0.497 e. The van der Waals surface area contributed by atoms with E-state index in [1.54, 1.807) is 7.11 Å². The van der Waals surface area contributed by atoms with Gasteiger partial charge in [-0.15, -0.1) is 0 Å². The number of hydrogen-bond donors (Lipinski definition) is 1. The first kappa shape index (κ1) is 11.5. The summed E-state index contributed by atoms with van der Waals surface area (Å²) in [6, 6.07) is 5.64. The minimum absolute atomic E-state index is 0.147. The van der Waals surface area contributed by atoms with E-state index in [4.69, 9.17) is 13.9 Å². The average Bonchev–Trinajstić information content (AvgIpc) is 2.80. The molecule has 0 saturated carbocycles. The fourth-order valence-electron chi connectivity index (χ4n) is 2.11. The van der Waals surface area contributed by atoms with Crippen LogP contribution in [0.15, 0.2) is 22.6 Å². The summed E-state index contributed by atoms with van der Waals surface area (Å²) in [6.45, 7) is 2.52. The van der Waals surface area contributed by atoms with Crippen molar-refractivity contribution in [3.8, 4) is 5.75 Å². The first-order valence-corrected chi connectivity index (χ1v) is 6.11. The number of benzene rings is 1. The van der Waals surface area contributed by atoms with Gasteiger partial charge in [-0.05, 0) is 12.1 Å². The highest BCUT2D eigenvalue weighted by atomic mass is 16.5. The smallest absolute Gasteiger partial charge is 0.198 e. The van der Waals surface area contributed by atoms with Crippen molar-refractivity contribution in [2.45, 2.75) is 12.5 Å². The van der Waals surface area contributed by atoms with Gasteiger partial charge in [0, 0.05) is 19.2 Å². The van der Waals surface area contributed by atoms with Crippen LogP contribution >= 0.6 is 0 Å². The number of aromatic nitrogens is 1. The van der Waals surface area contributed by atoms with Gasteiger partial charge < -0.3 is 19.2 Å². The van der Waals surface area contributed by atoms with Gasteiger partial charge in [-0.3, -0.25) is 0 Å². The number of nitrogens with zero attached hydrogens (tertiary/aromatic N) is 1. The molecule has 5 nitrogen and oxygen atoms in total. The van der Waals surface area contributed by atoms with E-state index >= 15 is 0 Å². The molecule has 1 fully saturated rings. The molecule has 0 amide bonds. The Hall–Kier alpha value is -1.59. The lowest BCUT2D eigenvalue weighted by Gasteiger charge is -2.22. The molecule has 2 aromatic rings. The van der Waals surface area contributed by atoms with Gasteiger partial charge in [0.25, 0.3) is 0 Å². The Labute approximate surface area is 105 Å². The van der Waals surface area contributed by atoms with E-state index in [1.807, 2.05) is 18.2 Å². The van der Waals surface area contributed by atoms with Gasteiger partial charge in [0.1, 0.15) is 11.3 Å². The maximum Gasteiger partial charge on any atom is 0.198 e. The number of hydrogen-bond acceptors (Lipinski definition) is 5. The summed E-state index contributed by atoms with van der Waals surface area (Å²) >= 11 is 0. The van der Waals surface area contributed by atoms with Crippen LogP contribution in [0.2, 0.25) is 0 Å². The highest BCUT2D eigenvalue weighted by Crippen LogP contribution is 2.22. The Morgan fingerprint density at radius 2 is 2.44 bits per heavy atom. The summed E-state index contributed by atoms with van der Waals surface area (Å²) in [5, 5.41) is 3.29. The molecule has 3 rings (SSSR count). The highest BCUT2D eigenvalue weighted by Gasteiger charge is 2.17. The number of methoxy groups -OCH3 is 1. The van der Waals surface area contributed by atoms with Crippen molar-refractivity contribution < 1.29 is 13.9 Å². The number of nitrogens with one attached hydrogen (secondary N) is 1. The van der Waals surface area contributed by atoms with E-state index in [0.717, 1.165) is 36.5 Å². The first-order valence-electron chi connectivity index (χ1n) is 6.11. The second-order valence-electron chi connectivity index (χ2n) is 4.34. The zero-order valence-electron chi connectivity index (χ0n) is 10.3. The van der Waals surface area contributed by atoms with Crippen LogP contribution in [0.1, 0.15) is 5.89 Å². The zero-order chi connectivity index (χ0) is 12.4. The lowest BCUT2D eigenvalue weighted by Crippen LogP contribution is -2.39. The number of morpholine rings is 1. The minimum Gasteiger partial charge on any atom is -0.497 e. The molecule has 1 saturated heterocycles. The maximum absolute atomic E-state index is 5.71. The molecule has 1 aromatic carbocycles. The number of fused-ring (bicyclic) bond motifs is 1. The van der Waals surface area contributed by atoms with Crippen molar-refractivity contribution in [2.24, 2.45) is 0 Å². The first-order chi connectivity index (χ1) is 8.85. The van der Waals surface area contributed by atoms with Gasteiger partial charge >= 0.3 is 0 Å². The third-order valence-corrected chi connectivity index (χ3v) is 3.05. The fourth-order valence-corrected chi connectivity index (χ4v) is 2.11. The molecular formula is C13H16N2O3. The van der Waals surface area contributed by atoms with E-state index in [2.05, 4.69) is 10.3 Å². The standard InChI is InChI=1S/C13H16N2O3/c1-16-9-2-3-11-12(6-9)18-13(15-11)7-10-8-14-4-5-17-10/h2-3,6,10,14H,4-5,7-8H2,1H3. The van der Waals surface area contributed by atoms with Gasteiger partial charge in [0.15, 0.2) is 11.5 Å². The van der Waals surface area contributed by atoms with Crippen LogP contribution < -0.4 is 10.1 Å². The van der Waals surface area contributed by atoms with Crippen molar-refractivity contribution in [1.82, 2.24) is 10.3 Å². The monoisotopic (exact) mass is 248 g/mol.